The number of aryl methyl sites for hydroxylation is 1. The van der Waals surface area contributed by atoms with E-state index in [2.05, 4.69) is 11.9 Å². The molecule has 1 aromatic rings. The molecular formula is C32H51N3O3S. The van der Waals surface area contributed by atoms with E-state index in [1.807, 2.05) is 37.8 Å². The molecule has 0 unspecified atom stereocenters. The number of ether oxygens (including phenoxy) is 1. The lowest BCUT2D eigenvalue weighted by molar-refractivity contribution is -0.166. The van der Waals surface area contributed by atoms with Gasteiger partial charge in [-0.3, -0.25) is 9.78 Å². The first-order valence-corrected chi connectivity index (χ1v) is 16.5. The maximum absolute atomic E-state index is 14.2. The first kappa shape index (κ1) is 30.4. The van der Waals surface area contributed by atoms with Crippen LogP contribution in [0.15, 0.2) is 24.5 Å². The molecule has 4 aliphatic carbocycles. The number of hydrogen-bond acceptors (Lipinski definition) is 6. The lowest BCUT2D eigenvalue weighted by Gasteiger charge is -2.57. The average molecular weight is 558 g/mol. The Balaban J connectivity index is 1.46. The zero-order valence-corrected chi connectivity index (χ0v) is 25.6. The number of carbonyl (C=O) groups is 2. The molecular weight excluding hydrogens is 506 g/mol. The van der Waals surface area contributed by atoms with E-state index in [1.165, 1.54) is 44.1 Å². The van der Waals surface area contributed by atoms with Gasteiger partial charge in [-0.05, 0) is 125 Å². The molecule has 0 spiro atoms. The van der Waals surface area contributed by atoms with Gasteiger partial charge in [0.25, 0.3) is 5.91 Å². The van der Waals surface area contributed by atoms with E-state index in [0.717, 1.165) is 55.6 Å². The van der Waals surface area contributed by atoms with Gasteiger partial charge in [-0.2, -0.15) is 11.8 Å². The number of unbranched alkanes of at least 4 members (excludes halogenated alkanes) is 2. The maximum Gasteiger partial charge on any atom is 0.337 e. The first-order valence-electron chi connectivity index (χ1n) is 15.3. The van der Waals surface area contributed by atoms with Gasteiger partial charge in [-0.15, -0.1) is 0 Å². The Morgan fingerprint density at radius 3 is 2.23 bits per heavy atom. The smallest absolute Gasteiger partial charge is 0.337 e. The molecule has 1 amide bonds. The topological polar surface area (TPSA) is 85.5 Å². The first-order chi connectivity index (χ1) is 18.5. The highest BCUT2D eigenvalue weighted by molar-refractivity contribution is 7.99. The summed E-state index contributed by atoms with van der Waals surface area (Å²) in [6.07, 6.45) is 16.7. The highest BCUT2D eigenvalue weighted by Gasteiger charge is 2.52. The Morgan fingerprint density at radius 2 is 1.67 bits per heavy atom. The summed E-state index contributed by atoms with van der Waals surface area (Å²) in [5, 5.41) is 0. The summed E-state index contributed by atoms with van der Waals surface area (Å²) in [5.41, 5.74) is 5.97. The van der Waals surface area contributed by atoms with E-state index in [9.17, 15) is 9.59 Å². The van der Waals surface area contributed by atoms with E-state index in [-0.39, 0.29) is 11.7 Å². The van der Waals surface area contributed by atoms with Crippen molar-refractivity contribution >= 4 is 23.6 Å². The van der Waals surface area contributed by atoms with Crippen LogP contribution in [0.2, 0.25) is 0 Å². The maximum atomic E-state index is 14.2. The highest BCUT2D eigenvalue weighted by atomic mass is 32.2. The molecule has 4 saturated carbocycles. The summed E-state index contributed by atoms with van der Waals surface area (Å²) in [7, 11) is 0. The largest absolute Gasteiger partial charge is 0.458 e. The second kappa shape index (κ2) is 12.9. The Labute approximate surface area is 240 Å². The Kier molecular flexibility index (Phi) is 10.1. The van der Waals surface area contributed by atoms with Gasteiger partial charge in [0.2, 0.25) is 5.54 Å². The predicted molar refractivity (Wildman–Crippen MR) is 159 cm³/mol. The van der Waals surface area contributed by atoms with Crippen LogP contribution in [0, 0.1) is 23.2 Å². The van der Waals surface area contributed by atoms with Gasteiger partial charge in [0.05, 0.1) is 0 Å². The number of esters is 1. The zero-order valence-electron chi connectivity index (χ0n) is 24.8. The molecule has 6 nitrogen and oxygen atoms in total. The highest BCUT2D eigenvalue weighted by Crippen LogP contribution is 2.61. The number of pyridine rings is 1. The summed E-state index contributed by atoms with van der Waals surface area (Å²) in [5.74, 6) is 2.77. The molecule has 2 N–H and O–H groups in total. The van der Waals surface area contributed by atoms with Gasteiger partial charge in [0.1, 0.15) is 5.60 Å². The Bertz CT molecular complexity index is 928. The van der Waals surface area contributed by atoms with Gasteiger partial charge in [-0.1, -0.05) is 19.8 Å². The SMILES string of the molecule is CCCCCN(CCC12CC3CC(CC(C3)C1)C2)C(=O)[C@](N)(CSCCc1ccncc1)C(=O)OC(C)(C)C. The Morgan fingerprint density at radius 1 is 1.05 bits per heavy atom. The molecule has 1 atom stereocenters. The van der Waals surface area contributed by atoms with Crippen LogP contribution in [0.25, 0.3) is 0 Å². The third-order valence-corrected chi connectivity index (χ3v) is 10.3. The molecule has 1 aromatic heterocycles. The lowest BCUT2D eigenvalue weighted by Crippen LogP contribution is -2.64. The van der Waals surface area contributed by atoms with Crippen LogP contribution in [0.1, 0.15) is 97.5 Å². The summed E-state index contributed by atoms with van der Waals surface area (Å²) in [6, 6.07) is 3.99. The van der Waals surface area contributed by atoms with Crippen LogP contribution in [-0.4, -0.2) is 57.5 Å². The molecule has 0 aliphatic heterocycles. The number of carbonyl (C=O) groups excluding carboxylic acids is 2. The molecule has 4 aliphatic rings. The van der Waals surface area contributed by atoms with Crippen LogP contribution in [0.5, 0.6) is 0 Å². The number of amides is 1. The van der Waals surface area contributed by atoms with Crippen molar-refractivity contribution in [3.63, 3.8) is 0 Å². The van der Waals surface area contributed by atoms with Crippen molar-refractivity contribution in [3.05, 3.63) is 30.1 Å². The van der Waals surface area contributed by atoms with Gasteiger partial charge in [-0.25, -0.2) is 4.79 Å². The number of thioether (sulfide) groups is 1. The van der Waals surface area contributed by atoms with Gasteiger partial charge in [0, 0.05) is 31.2 Å². The van der Waals surface area contributed by atoms with E-state index >= 15 is 0 Å². The third-order valence-electron chi connectivity index (χ3n) is 9.15. The van der Waals surface area contributed by atoms with Crippen LogP contribution in [0.3, 0.4) is 0 Å². The van der Waals surface area contributed by atoms with Crippen molar-refractivity contribution in [2.75, 3.05) is 24.6 Å². The molecule has 39 heavy (non-hydrogen) atoms. The molecule has 0 saturated heterocycles. The second-order valence-electron chi connectivity index (χ2n) is 13.8. The summed E-state index contributed by atoms with van der Waals surface area (Å²) < 4.78 is 5.76. The standard InChI is InChI=1S/C32H51N3O3S/c1-5-6-7-14-35(15-11-31-20-25-17-26(21-31)19-27(18-25)22-31)28(36)32(33,29(37)38-30(2,3)4)23-39-16-10-24-8-12-34-13-9-24/h8-9,12-13,25-27H,5-7,10-11,14-23,33H2,1-4H3/t25?,26?,27?,31?,32-/m1/s1. The van der Waals surface area contributed by atoms with Crippen LogP contribution >= 0.6 is 11.8 Å². The Hall–Kier alpha value is -1.60. The van der Waals surface area contributed by atoms with E-state index < -0.39 is 17.1 Å². The van der Waals surface area contributed by atoms with Crippen LogP contribution < -0.4 is 5.73 Å². The van der Waals surface area contributed by atoms with Crippen molar-refractivity contribution in [3.8, 4) is 0 Å². The quantitative estimate of drug-likeness (QED) is 0.171. The van der Waals surface area contributed by atoms with Crippen molar-refractivity contribution in [2.24, 2.45) is 28.9 Å². The van der Waals surface area contributed by atoms with Gasteiger partial charge >= 0.3 is 5.97 Å². The molecule has 218 valence electrons. The third kappa shape index (κ3) is 8.00. The minimum absolute atomic E-state index is 0.216. The summed E-state index contributed by atoms with van der Waals surface area (Å²) in [6.45, 7) is 9.02. The minimum Gasteiger partial charge on any atom is -0.458 e. The molecule has 1 heterocycles. The lowest BCUT2D eigenvalue weighted by atomic mass is 9.49. The van der Waals surface area contributed by atoms with Gasteiger partial charge in [0.15, 0.2) is 0 Å². The van der Waals surface area contributed by atoms with Crippen molar-refractivity contribution in [1.82, 2.24) is 9.88 Å². The normalized spacial score (nSPS) is 27.3. The van der Waals surface area contributed by atoms with Crippen molar-refractivity contribution in [2.45, 2.75) is 109 Å². The predicted octanol–water partition coefficient (Wildman–Crippen LogP) is 6.02. The molecule has 0 aromatic carbocycles. The van der Waals surface area contributed by atoms with Crippen molar-refractivity contribution < 1.29 is 14.3 Å². The number of nitrogens with zero attached hydrogens (tertiary/aromatic N) is 2. The number of nitrogens with two attached hydrogens (primary N) is 1. The fourth-order valence-corrected chi connectivity index (χ4v) is 8.76. The number of rotatable bonds is 14. The molecule has 0 radical (unpaired) electrons. The minimum atomic E-state index is -1.69. The molecule has 7 heteroatoms. The molecule has 4 bridgehead atoms. The second-order valence-corrected chi connectivity index (χ2v) is 14.9. The van der Waals surface area contributed by atoms with Crippen LogP contribution in [0.4, 0.5) is 0 Å². The average Bonchev–Trinajstić information content (AvgIpc) is 2.87. The fraction of sp³-hybridized carbons (Fsp3) is 0.781. The fourth-order valence-electron chi connectivity index (χ4n) is 7.67. The monoisotopic (exact) mass is 557 g/mol. The van der Waals surface area contributed by atoms with E-state index in [0.29, 0.717) is 18.5 Å². The van der Waals surface area contributed by atoms with E-state index in [1.54, 1.807) is 24.2 Å². The number of hydrogen-bond donors (Lipinski definition) is 1. The van der Waals surface area contributed by atoms with Gasteiger partial charge < -0.3 is 15.4 Å². The zero-order chi connectivity index (χ0) is 28.1. The summed E-state index contributed by atoms with van der Waals surface area (Å²) >= 11 is 1.56. The molecule has 5 rings (SSSR count). The van der Waals surface area contributed by atoms with Crippen LogP contribution in [-0.2, 0) is 20.7 Å². The molecule has 4 fully saturated rings. The number of aromatic nitrogens is 1. The summed E-state index contributed by atoms with van der Waals surface area (Å²) in [4.78, 5) is 33.8. The van der Waals surface area contributed by atoms with E-state index in [4.69, 9.17) is 10.5 Å². The van der Waals surface area contributed by atoms with Crippen molar-refractivity contribution in [1.29, 1.82) is 0 Å².